The van der Waals surface area contributed by atoms with Crippen molar-refractivity contribution < 1.29 is 9.67 Å². The second kappa shape index (κ2) is 6.30. The Morgan fingerprint density at radius 1 is 0.909 bits per heavy atom. The van der Waals surface area contributed by atoms with Crippen molar-refractivity contribution in [2.45, 2.75) is 45.9 Å². The molecule has 0 saturated carbocycles. The van der Waals surface area contributed by atoms with E-state index in [1.165, 1.54) is 0 Å². The predicted octanol–water partition coefficient (Wildman–Crippen LogP) is 5.17. The highest BCUT2D eigenvalue weighted by Gasteiger charge is 2.34. The lowest BCUT2D eigenvalue weighted by atomic mass is 10.0. The lowest BCUT2D eigenvalue weighted by molar-refractivity contribution is 0.477. The summed E-state index contributed by atoms with van der Waals surface area (Å²) in [5, 5.41) is 11.1. The largest absolute Gasteiger partial charge is 0.507 e. The lowest BCUT2D eigenvalue weighted by Crippen LogP contribution is -2.21. The van der Waals surface area contributed by atoms with Crippen LogP contribution in [0.25, 0.3) is 11.1 Å². The Bertz CT molecular complexity index is 705. The molecule has 0 unspecified atom stereocenters. The van der Waals surface area contributed by atoms with Crippen LogP contribution in [0.2, 0.25) is 0 Å². The zero-order valence-electron chi connectivity index (χ0n) is 14.0. The maximum atomic E-state index is 13.7. The number of hydrogen-bond donors (Lipinski definition) is 1. The highest BCUT2D eigenvalue weighted by Crippen LogP contribution is 2.55. The van der Waals surface area contributed by atoms with Gasteiger partial charge in [-0.25, -0.2) is 0 Å². The molecule has 118 valence electrons. The van der Waals surface area contributed by atoms with Gasteiger partial charge in [-0.05, 0) is 24.6 Å². The molecule has 2 rings (SSSR count). The number of benzene rings is 2. The Balaban J connectivity index is 2.76. The molecule has 0 aromatic heterocycles. The van der Waals surface area contributed by atoms with E-state index in [4.69, 9.17) is 0 Å². The van der Waals surface area contributed by atoms with Gasteiger partial charge in [0.2, 0.25) is 0 Å². The third kappa shape index (κ3) is 2.85. The van der Waals surface area contributed by atoms with Crippen molar-refractivity contribution in [3.8, 4) is 16.9 Å². The van der Waals surface area contributed by atoms with Crippen molar-refractivity contribution in [1.29, 1.82) is 0 Å². The third-order valence-corrected chi connectivity index (χ3v) is 8.47. The summed E-state index contributed by atoms with van der Waals surface area (Å²) in [6.45, 7) is 10.1. The van der Waals surface area contributed by atoms with E-state index >= 15 is 0 Å². The van der Waals surface area contributed by atoms with Crippen LogP contribution in [-0.2, 0) is 4.57 Å². The fourth-order valence-electron chi connectivity index (χ4n) is 3.02. The average Bonchev–Trinajstić information content (AvgIpc) is 2.48. The first-order chi connectivity index (χ1) is 10.3. The van der Waals surface area contributed by atoms with Gasteiger partial charge in [-0.3, -0.25) is 0 Å². The molecule has 0 aliphatic rings. The molecule has 2 aromatic rings. The first-order valence-corrected chi connectivity index (χ1v) is 9.62. The van der Waals surface area contributed by atoms with Crippen LogP contribution >= 0.6 is 7.14 Å². The quantitative estimate of drug-likeness (QED) is 0.790. The molecule has 0 aliphatic carbocycles. The van der Waals surface area contributed by atoms with Gasteiger partial charge in [0.15, 0.2) is 0 Å². The predicted molar refractivity (Wildman–Crippen MR) is 95.8 cm³/mol. The van der Waals surface area contributed by atoms with Crippen LogP contribution in [0.1, 0.15) is 33.3 Å². The van der Waals surface area contributed by atoms with Crippen LogP contribution in [0.4, 0.5) is 0 Å². The second-order valence-electron chi connectivity index (χ2n) is 6.43. The van der Waals surface area contributed by atoms with Crippen LogP contribution < -0.4 is 5.30 Å². The zero-order chi connectivity index (χ0) is 16.5. The summed E-state index contributed by atoms with van der Waals surface area (Å²) >= 11 is 0. The van der Waals surface area contributed by atoms with E-state index < -0.39 is 7.14 Å². The lowest BCUT2D eigenvalue weighted by Gasteiger charge is -2.28. The van der Waals surface area contributed by atoms with Gasteiger partial charge in [-0.15, -0.1) is 0 Å². The van der Waals surface area contributed by atoms with Crippen molar-refractivity contribution >= 4 is 12.4 Å². The monoisotopic (exact) mass is 316 g/mol. The van der Waals surface area contributed by atoms with E-state index in [0.29, 0.717) is 0 Å². The van der Waals surface area contributed by atoms with Crippen LogP contribution in [0.3, 0.4) is 0 Å². The molecule has 0 radical (unpaired) electrons. The molecule has 2 aromatic carbocycles. The molecule has 0 aliphatic heterocycles. The summed E-state index contributed by atoms with van der Waals surface area (Å²) in [7, 11) is -2.56. The molecular formula is C19H25O2P. The van der Waals surface area contributed by atoms with Crippen LogP contribution in [0.5, 0.6) is 5.75 Å². The number of hydrogen-bond acceptors (Lipinski definition) is 2. The molecule has 2 nitrogen and oxygen atoms in total. The molecule has 0 bridgehead atoms. The summed E-state index contributed by atoms with van der Waals surface area (Å²) in [6, 6.07) is 13.3. The van der Waals surface area contributed by atoms with E-state index in [1.54, 1.807) is 6.07 Å². The van der Waals surface area contributed by atoms with E-state index in [1.807, 2.05) is 71.0 Å². The second-order valence-corrected chi connectivity index (χ2v) is 10.4. The zero-order valence-corrected chi connectivity index (χ0v) is 14.9. The first kappa shape index (κ1) is 16.8. The minimum absolute atomic E-state index is 0.0700. The highest BCUT2D eigenvalue weighted by atomic mass is 31.2. The van der Waals surface area contributed by atoms with Crippen molar-refractivity contribution in [3.63, 3.8) is 0 Å². The Hall–Kier alpha value is -1.53. The number of rotatable bonds is 4. The van der Waals surface area contributed by atoms with Crippen LogP contribution in [-0.4, -0.2) is 16.4 Å². The molecule has 22 heavy (non-hydrogen) atoms. The van der Waals surface area contributed by atoms with E-state index in [9.17, 15) is 9.67 Å². The molecule has 0 spiro atoms. The van der Waals surface area contributed by atoms with Gasteiger partial charge in [-0.2, -0.15) is 0 Å². The van der Waals surface area contributed by atoms with Crippen LogP contribution in [0, 0.1) is 6.92 Å². The third-order valence-electron chi connectivity index (χ3n) is 4.26. The SMILES string of the molecule is Cc1ccc(O)c(-c2ccccc2P(=O)(C(C)C)C(C)C)c1. The van der Waals surface area contributed by atoms with Gasteiger partial charge in [0.1, 0.15) is 12.9 Å². The Morgan fingerprint density at radius 3 is 2.09 bits per heavy atom. The normalized spacial score (nSPS) is 12.1. The maximum Gasteiger partial charge on any atom is 0.123 e. The van der Waals surface area contributed by atoms with Gasteiger partial charge in [0.05, 0.1) is 0 Å². The number of aromatic hydroxyl groups is 1. The molecule has 1 N–H and O–H groups in total. The van der Waals surface area contributed by atoms with Gasteiger partial charge in [0.25, 0.3) is 0 Å². The molecule has 0 fully saturated rings. The maximum absolute atomic E-state index is 13.7. The summed E-state index contributed by atoms with van der Waals surface area (Å²) in [4.78, 5) is 0. The molecule has 0 heterocycles. The van der Waals surface area contributed by atoms with Crippen molar-refractivity contribution in [2.24, 2.45) is 0 Å². The van der Waals surface area contributed by atoms with Crippen LogP contribution in [0.15, 0.2) is 42.5 Å². The van der Waals surface area contributed by atoms with E-state index in [-0.39, 0.29) is 17.1 Å². The molecule has 3 heteroatoms. The minimum Gasteiger partial charge on any atom is -0.507 e. The molecule has 0 atom stereocenters. The number of phenols is 1. The van der Waals surface area contributed by atoms with E-state index in [2.05, 4.69) is 0 Å². The Labute approximate surface area is 133 Å². The smallest absolute Gasteiger partial charge is 0.123 e. The first-order valence-electron chi connectivity index (χ1n) is 7.77. The fraction of sp³-hybridized carbons (Fsp3) is 0.368. The summed E-state index contributed by atoms with van der Waals surface area (Å²) in [5.74, 6) is 0.233. The van der Waals surface area contributed by atoms with Crippen molar-refractivity contribution in [3.05, 3.63) is 48.0 Å². The summed E-state index contributed by atoms with van der Waals surface area (Å²) in [6.07, 6.45) is 0. The van der Waals surface area contributed by atoms with Gasteiger partial charge in [0, 0.05) is 22.2 Å². The average molecular weight is 316 g/mol. The van der Waals surface area contributed by atoms with Gasteiger partial charge >= 0.3 is 0 Å². The standard InChI is InChI=1S/C19H25O2P/c1-13(2)22(21,14(3)4)19-9-7-6-8-16(19)17-12-15(5)10-11-18(17)20/h6-14,20H,1-5H3. The molecular weight excluding hydrogens is 291 g/mol. The summed E-state index contributed by atoms with van der Waals surface area (Å²) in [5.41, 5.74) is 2.86. The van der Waals surface area contributed by atoms with Crippen molar-refractivity contribution in [1.82, 2.24) is 0 Å². The molecule has 0 saturated heterocycles. The fourth-order valence-corrected chi connectivity index (χ4v) is 6.22. The molecule has 0 amide bonds. The Morgan fingerprint density at radius 2 is 1.50 bits per heavy atom. The number of phenolic OH excluding ortho intramolecular Hbond substituents is 1. The van der Waals surface area contributed by atoms with Gasteiger partial charge in [-0.1, -0.05) is 63.6 Å². The minimum atomic E-state index is -2.56. The topological polar surface area (TPSA) is 37.3 Å². The van der Waals surface area contributed by atoms with Crippen molar-refractivity contribution in [2.75, 3.05) is 0 Å². The number of aryl methyl sites for hydroxylation is 1. The van der Waals surface area contributed by atoms with Gasteiger partial charge < -0.3 is 9.67 Å². The highest BCUT2D eigenvalue weighted by molar-refractivity contribution is 7.73. The Kier molecular flexibility index (Phi) is 4.82. The van der Waals surface area contributed by atoms with E-state index in [0.717, 1.165) is 22.0 Å². The summed E-state index contributed by atoms with van der Waals surface area (Å²) < 4.78 is 13.7.